The van der Waals surface area contributed by atoms with E-state index in [2.05, 4.69) is 9.82 Å². The second kappa shape index (κ2) is 5.21. The summed E-state index contributed by atoms with van der Waals surface area (Å²) in [7, 11) is 0. The number of hydrogen-bond acceptors (Lipinski definition) is 3. The van der Waals surface area contributed by atoms with Gasteiger partial charge in [-0.05, 0) is 0 Å². The number of imidazole rings is 1. The van der Waals surface area contributed by atoms with Crippen molar-refractivity contribution in [2.24, 2.45) is 0 Å². The molecule has 0 saturated heterocycles. The average Bonchev–Trinajstić information content (AvgIpc) is 2.58. The summed E-state index contributed by atoms with van der Waals surface area (Å²) in [5.74, 6) is -0.114. The summed E-state index contributed by atoms with van der Waals surface area (Å²) in [5.41, 5.74) is 1.90. The Morgan fingerprint density at radius 2 is 2.12 bits per heavy atom. The third kappa shape index (κ3) is 4.11. The molecule has 1 aromatic rings. The maximum absolute atomic E-state index is 12.2. The number of halogens is 5. The van der Waals surface area contributed by atoms with E-state index < -0.39 is 19.3 Å². The fourth-order valence-corrected chi connectivity index (χ4v) is 0.907. The number of rotatable bonds is 5. The highest BCUT2D eigenvalue weighted by molar-refractivity contribution is 4.91. The highest BCUT2D eigenvalue weighted by atomic mass is 19.4. The SMILES string of the molecule is FC(F)n1ccnc1CNOCC(F)(F)F. The Bertz CT molecular complexity index is 324. The molecule has 92 valence electrons. The van der Waals surface area contributed by atoms with E-state index in [4.69, 9.17) is 0 Å². The third-order valence-electron chi connectivity index (χ3n) is 1.53. The molecule has 0 bridgehead atoms. The molecule has 1 rings (SSSR count). The van der Waals surface area contributed by atoms with E-state index in [1.165, 1.54) is 0 Å². The lowest BCUT2D eigenvalue weighted by Crippen LogP contribution is -2.25. The van der Waals surface area contributed by atoms with E-state index in [9.17, 15) is 22.0 Å². The molecule has 1 heterocycles. The average molecular weight is 245 g/mol. The molecule has 0 saturated carbocycles. The lowest BCUT2D eigenvalue weighted by molar-refractivity contribution is -0.190. The second-order valence-electron chi connectivity index (χ2n) is 2.75. The molecule has 16 heavy (non-hydrogen) atoms. The molecule has 0 aliphatic rings. The fraction of sp³-hybridized carbons (Fsp3) is 0.571. The Morgan fingerprint density at radius 3 is 2.69 bits per heavy atom. The van der Waals surface area contributed by atoms with E-state index in [0.717, 1.165) is 12.4 Å². The van der Waals surface area contributed by atoms with Gasteiger partial charge in [0, 0.05) is 12.4 Å². The summed E-state index contributed by atoms with van der Waals surface area (Å²) >= 11 is 0. The standard InChI is InChI=1S/C7H8F5N3O/c8-6(9)15-2-1-13-5(15)3-14-16-4-7(10,11)12/h1-2,6,14H,3-4H2. The van der Waals surface area contributed by atoms with E-state index in [1.54, 1.807) is 0 Å². The monoisotopic (exact) mass is 245 g/mol. The van der Waals surface area contributed by atoms with Crippen molar-refractivity contribution < 1.29 is 26.8 Å². The topological polar surface area (TPSA) is 39.1 Å². The molecule has 9 heteroatoms. The largest absolute Gasteiger partial charge is 0.413 e. The van der Waals surface area contributed by atoms with Gasteiger partial charge in [-0.3, -0.25) is 9.40 Å². The number of hydrogen-bond donors (Lipinski definition) is 1. The third-order valence-corrected chi connectivity index (χ3v) is 1.53. The Kier molecular flexibility index (Phi) is 4.19. The molecule has 0 radical (unpaired) electrons. The molecule has 1 aromatic heterocycles. The number of alkyl halides is 5. The first-order valence-corrected chi connectivity index (χ1v) is 4.11. The van der Waals surface area contributed by atoms with Crippen molar-refractivity contribution in [2.45, 2.75) is 19.3 Å². The number of hydroxylamine groups is 1. The summed E-state index contributed by atoms with van der Waals surface area (Å²) in [4.78, 5) is 7.56. The van der Waals surface area contributed by atoms with Crippen LogP contribution in [0.25, 0.3) is 0 Å². The smallest absolute Gasteiger partial charge is 0.292 e. The van der Waals surface area contributed by atoms with Crippen molar-refractivity contribution in [1.82, 2.24) is 15.0 Å². The summed E-state index contributed by atoms with van der Waals surface area (Å²) in [6.07, 6.45) is -2.33. The minimum Gasteiger partial charge on any atom is -0.292 e. The van der Waals surface area contributed by atoms with E-state index in [0.29, 0.717) is 4.57 Å². The molecule has 0 unspecified atom stereocenters. The molecule has 0 aliphatic carbocycles. The number of nitrogens with one attached hydrogen (secondary N) is 1. The van der Waals surface area contributed by atoms with Gasteiger partial charge in [-0.25, -0.2) is 4.98 Å². The highest BCUT2D eigenvalue weighted by Gasteiger charge is 2.27. The van der Waals surface area contributed by atoms with Gasteiger partial charge in [-0.15, -0.1) is 0 Å². The zero-order valence-electron chi connectivity index (χ0n) is 7.84. The van der Waals surface area contributed by atoms with Crippen molar-refractivity contribution >= 4 is 0 Å². The van der Waals surface area contributed by atoms with Gasteiger partial charge >= 0.3 is 12.7 Å². The lowest BCUT2D eigenvalue weighted by Gasteiger charge is -2.09. The molecule has 0 fully saturated rings. The van der Waals surface area contributed by atoms with Crippen molar-refractivity contribution in [1.29, 1.82) is 0 Å². The van der Waals surface area contributed by atoms with Crippen LogP contribution in [0.4, 0.5) is 22.0 Å². The first-order chi connectivity index (χ1) is 7.40. The van der Waals surface area contributed by atoms with Crippen LogP contribution in [0.2, 0.25) is 0 Å². The van der Waals surface area contributed by atoms with Crippen LogP contribution in [-0.2, 0) is 11.4 Å². The predicted octanol–water partition coefficient (Wildman–Crippen LogP) is 1.86. The van der Waals surface area contributed by atoms with Crippen molar-refractivity contribution in [3.8, 4) is 0 Å². The van der Waals surface area contributed by atoms with Crippen LogP contribution in [-0.4, -0.2) is 22.3 Å². The van der Waals surface area contributed by atoms with Gasteiger partial charge < -0.3 is 0 Å². The van der Waals surface area contributed by atoms with Crippen LogP contribution in [0, 0.1) is 0 Å². The summed E-state index contributed by atoms with van der Waals surface area (Å²) in [6.45, 7) is -4.63. The van der Waals surface area contributed by atoms with Gasteiger partial charge in [-0.2, -0.15) is 27.4 Å². The maximum Gasteiger partial charge on any atom is 0.413 e. The van der Waals surface area contributed by atoms with Gasteiger partial charge in [0.25, 0.3) is 0 Å². The number of aromatic nitrogens is 2. The maximum atomic E-state index is 12.2. The molecule has 0 aliphatic heterocycles. The molecular formula is C7H8F5N3O. The van der Waals surface area contributed by atoms with Crippen LogP contribution in [0.1, 0.15) is 12.4 Å². The molecule has 0 atom stereocenters. The van der Waals surface area contributed by atoms with Crippen LogP contribution in [0.5, 0.6) is 0 Å². The van der Waals surface area contributed by atoms with Crippen LogP contribution in [0.15, 0.2) is 12.4 Å². The van der Waals surface area contributed by atoms with E-state index in [-0.39, 0.29) is 12.4 Å². The van der Waals surface area contributed by atoms with Crippen molar-refractivity contribution in [2.75, 3.05) is 6.61 Å². The summed E-state index contributed by atoms with van der Waals surface area (Å²) in [5, 5.41) is 0. The number of nitrogens with zero attached hydrogens (tertiary/aromatic N) is 2. The van der Waals surface area contributed by atoms with Crippen LogP contribution in [0.3, 0.4) is 0 Å². The van der Waals surface area contributed by atoms with Gasteiger partial charge in [0.05, 0.1) is 6.54 Å². The van der Waals surface area contributed by atoms with Crippen LogP contribution >= 0.6 is 0 Å². The van der Waals surface area contributed by atoms with Gasteiger partial charge in [-0.1, -0.05) is 0 Å². The Labute approximate surface area is 87.0 Å². The molecule has 0 spiro atoms. The Balaban J connectivity index is 2.35. The predicted molar refractivity (Wildman–Crippen MR) is 42.3 cm³/mol. The summed E-state index contributed by atoms with van der Waals surface area (Å²) in [6, 6.07) is 0. The molecule has 0 amide bonds. The van der Waals surface area contributed by atoms with E-state index >= 15 is 0 Å². The minimum absolute atomic E-state index is 0.114. The zero-order valence-corrected chi connectivity index (χ0v) is 7.84. The first kappa shape index (κ1) is 12.8. The fourth-order valence-electron chi connectivity index (χ4n) is 0.907. The highest BCUT2D eigenvalue weighted by Crippen LogP contribution is 2.14. The Hall–Kier alpha value is -1.22. The van der Waals surface area contributed by atoms with Crippen LogP contribution < -0.4 is 5.48 Å². The normalized spacial score (nSPS) is 12.4. The Morgan fingerprint density at radius 1 is 1.44 bits per heavy atom. The zero-order chi connectivity index (χ0) is 12.2. The van der Waals surface area contributed by atoms with Gasteiger partial charge in [0.1, 0.15) is 5.82 Å². The molecular weight excluding hydrogens is 237 g/mol. The molecule has 0 aromatic carbocycles. The second-order valence-corrected chi connectivity index (χ2v) is 2.75. The lowest BCUT2D eigenvalue weighted by atomic mass is 10.6. The molecule has 4 nitrogen and oxygen atoms in total. The molecule has 1 N–H and O–H groups in total. The van der Waals surface area contributed by atoms with Crippen molar-refractivity contribution in [3.05, 3.63) is 18.2 Å². The first-order valence-electron chi connectivity index (χ1n) is 4.11. The summed E-state index contributed by atoms with van der Waals surface area (Å²) < 4.78 is 59.9. The van der Waals surface area contributed by atoms with E-state index in [1.807, 2.05) is 5.48 Å². The quantitative estimate of drug-likeness (QED) is 0.489. The van der Waals surface area contributed by atoms with Gasteiger partial charge in [0.2, 0.25) is 0 Å². The minimum atomic E-state index is -4.47. The van der Waals surface area contributed by atoms with Gasteiger partial charge in [0.15, 0.2) is 6.61 Å². The van der Waals surface area contributed by atoms with Crippen molar-refractivity contribution in [3.63, 3.8) is 0 Å².